The normalized spacial score (nSPS) is 18.7. The maximum absolute atomic E-state index is 11.7. The molecule has 0 radical (unpaired) electrons. The largest absolute Gasteiger partial charge is 0.441 e. The van der Waals surface area contributed by atoms with Gasteiger partial charge in [-0.25, -0.2) is 4.79 Å². The number of hydrogen-bond acceptors (Lipinski definition) is 6. The van der Waals surface area contributed by atoms with E-state index in [1.807, 2.05) is 6.07 Å². The van der Waals surface area contributed by atoms with E-state index in [4.69, 9.17) is 10.00 Å². The van der Waals surface area contributed by atoms with Crippen LogP contribution in [0.3, 0.4) is 0 Å². The molecule has 1 atom stereocenters. The molecule has 0 aromatic heterocycles. The third kappa shape index (κ3) is 3.46. The van der Waals surface area contributed by atoms with Crippen molar-refractivity contribution in [2.24, 2.45) is 0 Å². The molecule has 1 amide bonds. The Morgan fingerprint density at radius 1 is 1.45 bits per heavy atom. The maximum Gasteiger partial charge on any atom is 0.414 e. The van der Waals surface area contributed by atoms with Gasteiger partial charge in [-0.15, -0.1) is 0 Å². The molecule has 1 aromatic carbocycles. The average Bonchev–Trinajstić information content (AvgIpc) is 2.77. The Morgan fingerprint density at radius 2 is 2.10 bits per heavy atom. The molecule has 1 saturated heterocycles. The predicted molar refractivity (Wildman–Crippen MR) is 69.6 cm³/mol. The second-order valence-corrected chi connectivity index (χ2v) is 5.91. The number of hydrogen-bond donors (Lipinski definition) is 0. The van der Waals surface area contributed by atoms with Crippen molar-refractivity contribution in [1.29, 1.82) is 5.26 Å². The van der Waals surface area contributed by atoms with Crippen molar-refractivity contribution in [3.05, 3.63) is 29.8 Å². The van der Waals surface area contributed by atoms with E-state index in [1.165, 1.54) is 4.90 Å². The molecular weight excluding hydrogens is 284 g/mol. The highest BCUT2D eigenvalue weighted by molar-refractivity contribution is 7.85. The highest BCUT2D eigenvalue weighted by atomic mass is 32.2. The van der Waals surface area contributed by atoms with Gasteiger partial charge in [0, 0.05) is 5.69 Å². The minimum atomic E-state index is -3.57. The summed E-state index contributed by atoms with van der Waals surface area (Å²) in [5.41, 5.74) is 1.06. The predicted octanol–water partition coefficient (Wildman–Crippen LogP) is 0.860. The summed E-state index contributed by atoms with van der Waals surface area (Å²) >= 11 is 0. The molecule has 8 heteroatoms. The van der Waals surface area contributed by atoms with E-state index in [1.54, 1.807) is 24.3 Å². The molecule has 0 bridgehead atoms. The van der Waals surface area contributed by atoms with Crippen molar-refractivity contribution in [3.8, 4) is 6.07 Å². The second kappa shape index (κ2) is 5.48. The van der Waals surface area contributed by atoms with Crippen LogP contribution in [0.4, 0.5) is 10.5 Å². The summed E-state index contributed by atoms with van der Waals surface area (Å²) in [6.07, 6.45) is -0.285. The van der Waals surface area contributed by atoms with E-state index in [0.717, 1.165) is 6.26 Å². The number of nitriles is 1. The molecule has 2 rings (SSSR count). The third-order valence-electron chi connectivity index (χ3n) is 2.65. The van der Waals surface area contributed by atoms with Crippen LogP contribution in [0.25, 0.3) is 0 Å². The zero-order chi connectivity index (χ0) is 14.8. The molecule has 0 saturated carbocycles. The molecule has 7 nitrogen and oxygen atoms in total. The first-order valence-electron chi connectivity index (χ1n) is 5.72. The number of cyclic esters (lactones) is 1. The standard InChI is InChI=1S/C12H12N2O5S/c1-20(16,17)18-8-11-7-14(12(15)19-11)10-4-2-9(6-13)3-5-10/h2-5,11H,7-8H2,1H3/t11-/m1/s1. The van der Waals surface area contributed by atoms with Crippen LogP contribution in [0.1, 0.15) is 5.56 Å². The van der Waals surface area contributed by atoms with Crippen LogP contribution in [0, 0.1) is 11.3 Å². The lowest BCUT2D eigenvalue weighted by atomic mass is 10.2. The Kier molecular flexibility index (Phi) is 3.92. The van der Waals surface area contributed by atoms with Crippen LogP contribution >= 0.6 is 0 Å². The van der Waals surface area contributed by atoms with Gasteiger partial charge in [-0.05, 0) is 24.3 Å². The summed E-state index contributed by atoms with van der Waals surface area (Å²) < 4.78 is 31.4. The summed E-state index contributed by atoms with van der Waals surface area (Å²) in [6, 6.07) is 8.40. The van der Waals surface area contributed by atoms with Crippen LogP contribution in [-0.2, 0) is 19.0 Å². The highest BCUT2D eigenvalue weighted by Crippen LogP contribution is 2.22. The van der Waals surface area contributed by atoms with Crippen molar-refractivity contribution in [2.75, 3.05) is 24.3 Å². The van der Waals surface area contributed by atoms with E-state index in [-0.39, 0.29) is 13.2 Å². The lowest BCUT2D eigenvalue weighted by molar-refractivity contribution is 0.107. The van der Waals surface area contributed by atoms with Crippen LogP contribution in [0.2, 0.25) is 0 Å². The van der Waals surface area contributed by atoms with E-state index in [2.05, 4.69) is 4.18 Å². The maximum atomic E-state index is 11.7. The molecular formula is C12H12N2O5S. The second-order valence-electron chi connectivity index (χ2n) is 4.26. The van der Waals surface area contributed by atoms with Gasteiger partial charge in [0.15, 0.2) is 0 Å². The highest BCUT2D eigenvalue weighted by Gasteiger charge is 2.33. The monoisotopic (exact) mass is 296 g/mol. The number of benzene rings is 1. The van der Waals surface area contributed by atoms with Gasteiger partial charge in [-0.1, -0.05) is 0 Å². The minimum absolute atomic E-state index is 0.195. The molecule has 0 unspecified atom stereocenters. The van der Waals surface area contributed by atoms with Crippen LogP contribution < -0.4 is 4.90 Å². The first-order valence-corrected chi connectivity index (χ1v) is 7.53. The quantitative estimate of drug-likeness (QED) is 0.764. The summed E-state index contributed by atoms with van der Waals surface area (Å²) in [5, 5.41) is 8.71. The van der Waals surface area contributed by atoms with Crippen molar-refractivity contribution < 1.29 is 22.1 Å². The van der Waals surface area contributed by atoms with E-state index in [0.29, 0.717) is 11.3 Å². The Bertz CT molecular complexity index is 647. The van der Waals surface area contributed by atoms with Gasteiger partial charge in [0.25, 0.3) is 10.1 Å². The molecule has 20 heavy (non-hydrogen) atoms. The number of ether oxygens (including phenoxy) is 1. The number of nitrogens with zero attached hydrogens (tertiary/aromatic N) is 2. The zero-order valence-electron chi connectivity index (χ0n) is 10.6. The summed E-state index contributed by atoms with van der Waals surface area (Å²) in [7, 11) is -3.57. The third-order valence-corrected chi connectivity index (χ3v) is 3.21. The van der Waals surface area contributed by atoms with Crippen molar-refractivity contribution in [1.82, 2.24) is 0 Å². The van der Waals surface area contributed by atoms with Gasteiger partial charge < -0.3 is 4.74 Å². The van der Waals surface area contributed by atoms with Crippen molar-refractivity contribution in [3.63, 3.8) is 0 Å². The molecule has 1 heterocycles. The topological polar surface area (TPSA) is 96.7 Å². The molecule has 1 aromatic rings. The molecule has 0 aliphatic carbocycles. The number of amides is 1. The molecule has 1 aliphatic rings. The average molecular weight is 296 g/mol. The Labute approximate surface area is 116 Å². The Morgan fingerprint density at radius 3 is 2.65 bits per heavy atom. The van der Waals surface area contributed by atoms with Gasteiger partial charge in [0.05, 0.1) is 24.4 Å². The van der Waals surface area contributed by atoms with Crippen LogP contribution in [-0.4, -0.2) is 40.0 Å². The van der Waals surface area contributed by atoms with Crippen LogP contribution in [0.15, 0.2) is 24.3 Å². The Balaban J connectivity index is 2.03. The first kappa shape index (κ1) is 14.3. The number of carbonyl (C=O) groups excluding carboxylic acids is 1. The number of rotatable bonds is 4. The minimum Gasteiger partial charge on any atom is -0.441 e. The van der Waals surface area contributed by atoms with Crippen LogP contribution in [0.5, 0.6) is 0 Å². The smallest absolute Gasteiger partial charge is 0.414 e. The van der Waals surface area contributed by atoms with Gasteiger partial charge in [-0.3, -0.25) is 9.08 Å². The van der Waals surface area contributed by atoms with Gasteiger partial charge in [0.2, 0.25) is 0 Å². The first-order chi connectivity index (χ1) is 9.39. The lowest BCUT2D eigenvalue weighted by Gasteiger charge is -2.12. The Hall–Kier alpha value is -2.11. The fourth-order valence-electron chi connectivity index (χ4n) is 1.73. The molecule has 1 aliphatic heterocycles. The molecule has 0 N–H and O–H groups in total. The van der Waals surface area contributed by atoms with Crippen molar-refractivity contribution in [2.45, 2.75) is 6.10 Å². The molecule has 0 spiro atoms. The summed E-state index contributed by atoms with van der Waals surface area (Å²) in [4.78, 5) is 13.1. The summed E-state index contributed by atoms with van der Waals surface area (Å²) in [6.45, 7) is -0.0163. The molecule has 1 fully saturated rings. The van der Waals surface area contributed by atoms with Gasteiger partial charge >= 0.3 is 6.09 Å². The van der Waals surface area contributed by atoms with E-state index < -0.39 is 22.3 Å². The van der Waals surface area contributed by atoms with Gasteiger partial charge in [0.1, 0.15) is 12.7 Å². The zero-order valence-corrected chi connectivity index (χ0v) is 11.5. The summed E-state index contributed by atoms with van der Waals surface area (Å²) in [5.74, 6) is 0. The van der Waals surface area contributed by atoms with E-state index >= 15 is 0 Å². The number of carbonyl (C=O) groups is 1. The SMILES string of the molecule is CS(=O)(=O)OC[C@H]1CN(c2ccc(C#N)cc2)C(=O)O1. The van der Waals surface area contributed by atoms with Crippen molar-refractivity contribution >= 4 is 21.9 Å². The fourth-order valence-corrected chi connectivity index (χ4v) is 2.13. The lowest BCUT2D eigenvalue weighted by Crippen LogP contribution is -2.26. The van der Waals surface area contributed by atoms with Gasteiger partial charge in [-0.2, -0.15) is 13.7 Å². The number of anilines is 1. The fraction of sp³-hybridized carbons (Fsp3) is 0.333. The van der Waals surface area contributed by atoms with E-state index in [9.17, 15) is 13.2 Å². The molecule has 106 valence electrons.